The lowest BCUT2D eigenvalue weighted by molar-refractivity contribution is 0.334. The number of nitrogens with two attached hydrogens (primary N) is 1. The fraction of sp³-hybridized carbons (Fsp3) is 0.273. The molecule has 1 aliphatic rings. The van der Waals surface area contributed by atoms with Crippen LogP contribution in [0.4, 0.5) is 0 Å². The number of H-pyrrole nitrogens is 1. The molecule has 29 heavy (non-hydrogen) atoms. The van der Waals surface area contributed by atoms with Gasteiger partial charge in [-0.15, -0.1) is 5.10 Å². The number of hydrogen-bond donors (Lipinski definition) is 2. The van der Waals surface area contributed by atoms with Gasteiger partial charge in [-0.2, -0.15) is 5.26 Å². The Balaban J connectivity index is 2.07. The molecule has 1 aliphatic heterocycles. The summed E-state index contributed by atoms with van der Waals surface area (Å²) in [4.78, 5) is 0. The maximum Gasteiger partial charge on any atom is 0.244 e. The first-order valence-electron chi connectivity index (χ1n) is 9.53. The van der Waals surface area contributed by atoms with Crippen molar-refractivity contribution in [1.82, 2.24) is 10.2 Å². The number of fused-ring (bicyclic) bond motifs is 2. The molecule has 2 heterocycles. The van der Waals surface area contributed by atoms with Crippen LogP contribution >= 0.6 is 0 Å². The van der Waals surface area contributed by atoms with E-state index in [1.54, 1.807) is 0 Å². The van der Waals surface area contributed by atoms with Crippen LogP contribution in [0.5, 0.6) is 17.4 Å². The highest BCUT2D eigenvalue weighted by Gasteiger charge is 2.37. The van der Waals surface area contributed by atoms with Gasteiger partial charge in [0.25, 0.3) is 0 Å². The number of ether oxygens (including phenoxy) is 3. The summed E-state index contributed by atoms with van der Waals surface area (Å²) in [5.41, 5.74) is 8.87. The van der Waals surface area contributed by atoms with Crippen LogP contribution in [0.25, 0.3) is 10.8 Å². The van der Waals surface area contributed by atoms with Crippen molar-refractivity contribution < 1.29 is 14.2 Å². The van der Waals surface area contributed by atoms with Crippen LogP contribution in [0, 0.1) is 18.3 Å². The number of hydrogen-bond acceptors (Lipinski definition) is 6. The minimum absolute atomic E-state index is 0.0527. The summed E-state index contributed by atoms with van der Waals surface area (Å²) in [5.74, 6) is 1.40. The zero-order chi connectivity index (χ0) is 20.5. The predicted octanol–water partition coefficient (Wildman–Crippen LogP) is 3.89. The Hall–Kier alpha value is -3.66. The Bertz CT molecular complexity index is 1150. The van der Waals surface area contributed by atoms with E-state index in [9.17, 15) is 5.26 Å². The number of aromatic amines is 1. The van der Waals surface area contributed by atoms with Crippen LogP contribution in [-0.2, 0) is 0 Å². The third-order valence-electron chi connectivity index (χ3n) is 5.02. The lowest BCUT2D eigenvalue weighted by atomic mass is 9.81. The Morgan fingerprint density at radius 1 is 1.17 bits per heavy atom. The highest BCUT2D eigenvalue weighted by Crippen LogP contribution is 2.48. The van der Waals surface area contributed by atoms with Crippen molar-refractivity contribution in [2.45, 2.75) is 26.7 Å². The molecular weight excluding hydrogens is 368 g/mol. The summed E-state index contributed by atoms with van der Waals surface area (Å²) in [6.07, 6.45) is 0. The number of benzene rings is 2. The molecule has 0 radical (unpaired) electrons. The fourth-order valence-corrected chi connectivity index (χ4v) is 3.82. The number of nitriles is 1. The molecule has 1 unspecified atom stereocenters. The van der Waals surface area contributed by atoms with Gasteiger partial charge in [0, 0.05) is 16.8 Å². The molecule has 0 spiro atoms. The summed E-state index contributed by atoms with van der Waals surface area (Å²) in [7, 11) is 0. The van der Waals surface area contributed by atoms with Crippen molar-refractivity contribution in [3.63, 3.8) is 0 Å². The van der Waals surface area contributed by atoms with Crippen LogP contribution in [0.2, 0.25) is 0 Å². The number of rotatable bonds is 5. The smallest absolute Gasteiger partial charge is 0.244 e. The van der Waals surface area contributed by atoms with Gasteiger partial charge in [-0.3, -0.25) is 5.10 Å². The summed E-state index contributed by atoms with van der Waals surface area (Å²) in [5, 5.41) is 19.0. The van der Waals surface area contributed by atoms with Crippen LogP contribution in [-0.4, -0.2) is 23.4 Å². The van der Waals surface area contributed by atoms with Gasteiger partial charge in [-0.05, 0) is 49.7 Å². The minimum atomic E-state index is -0.468. The molecule has 3 aromatic rings. The summed E-state index contributed by atoms with van der Waals surface area (Å²) < 4.78 is 17.3. The molecule has 0 saturated carbocycles. The molecule has 1 atom stereocenters. The summed E-state index contributed by atoms with van der Waals surface area (Å²) >= 11 is 0. The van der Waals surface area contributed by atoms with E-state index in [-0.39, 0.29) is 5.88 Å². The molecule has 2 aromatic carbocycles. The SMILES string of the molecule is CCOc1ccc2ccc(OCC)c(C3C(C#N)=C(N)Oc4n[nH]c(C)c43)c2c1. The van der Waals surface area contributed by atoms with Gasteiger partial charge < -0.3 is 19.9 Å². The van der Waals surface area contributed by atoms with E-state index in [4.69, 9.17) is 19.9 Å². The topological polar surface area (TPSA) is 106 Å². The lowest BCUT2D eigenvalue weighted by Gasteiger charge is -2.26. The molecule has 0 amide bonds. The van der Waals surface area contributed by atoms with E-state index in [1.807, 2.05) is 51.1 Å². The second-order valence-corrected chi connectivity index (χ2v) is 6.72. The maximum absolute atomic E-state index is 9.91. The average molecular weight is 390 g/mol. The van der Waals surface area contributed by atoms with E-state index in [0.717, 1.165) is 33.3 Å². The van der Waals surface area contributed by atoms with Crippen molar-refractivity contribution in [3.05, 3.63) is 58.6 Å². The second-order valence-electron chi connectivity index (χ2n) is 6.72. The van der Waals surface area contributed by atoms with Crippen molar-refractivity contribution in [2.24, 2.45) is 5.73 Å². The first-order valence-corrected chi connectivity index (χ1v) is 9.53. The van der Waals surface area contributed by atoms with Gasteiger partial charge in [0.05, 0.1) is 19.1 Å². The van der Waals surface area contributed by atoms with Crippen molar-refractivity contribution in [2.75, 3.05) is 13.2 Å². The van der Waals surface area contributed by atoms with Crippen molar-refractivity contribution in [3.8, 4) is 23.4 Å². The third-order valence-corrected chi connectivity index (χ3v) is 5.02. The van der Waals surface area contributed by atoms with E-state index < -0.39 is 5.92 Å². The number of aryl methyl sites for hydroxylation is 1. The first kappa shape index (κ1) is 18.7. The summed E-state index contributed by atoms with van der Waals surface area (Å²) in [6, 6.07) is 12.1. The second kappa shape index (κ2) is 7.40. The highest BCUT2D eigenvalue weighted by atomic mass is 16.5. The van der Waals surface area contributed by atoms with Crippen LogP contribution in [0.15, 0.2) is 41.8 Å². The molecule has 0 fully saturated rings. The third kappa shape index (κ3) is 3.03. The maximum atomic E-state index is 9.91. The van der Waals surface area contributed by atoms with Gasteiger partial charge >= 0.3 is 0 Å². The molecule has 1 aromatic heterocycles. The quantitative estimate of drug-likeness (QED) is 0.685. The van der Waals surface area contributed by atoms with Crippen LogP contribution in [0.3, 0.4) is 0 Å². The van der Waals surface area contributed by atoms with Crippen LogP contribution < -0.4 is 19.9 Å². The molecule has 0 aliphatic carbocycles. The van der Waals surface area contributed by atoms with Gasteiger partial charge in [0.1, 0.15) is 23.1 Å². The van der Waals surface area contributed by atoms with Gasteiger partial charge in [0.15, 0.2) is 0 Å². The Labute approximate surface area is 168 Å². The van der Waals surface area contributed by atoms with Gasteiger partial charge in [-0.25, -0.2) is 0 Å². The highest BCUT2D eigenvalue weighted by molar-refractivity contribution is 5.91. The van der Waals surface area contributed by atoms with Crippen molar-refractivity contribution >= 4 is 10.8 Å². The zero-order valence-corrected chi connectivity index (χ0v) is 16.6. The number of aromatic nitrogens is 2. The zero-order valence-electron chi connectivity index (χ0n) is 16.6. The molecule has 3 N–H and O–H groups in total. The number of nitrogens with one attached hydrogen (secondary N) is 1. The average Bonchev–Trinajstić information content (AvgIpc) is 3.07. The molecule has 0 saturated heterocycles. The molecule has 7 heteroatoms. The van der Waals surface area contributed by atoms with E-state index in [0.29, 0.717) is 30.4 Å². The normalized spacial score (nSPS) is 15.6. The minimum Gasteiger partial charge on any atom is -0.494 e. The van der Waals surface area contributed by atoms with E-state index in [1.165, 1.54) is 0 Å². The largest absolute Gasteiger partial charge is 0.494 e. The molecule has 4 rings (SSSR count). The van der Waals surface area contributed by atoms with E-state index >= 15 is 0 Å². The van der Waals surface area contributed by atoms with Gasteiger partial charge in [-0.1, -0.05) is 12.1 Å². The molecular formula is C22H22N4O3. The van der Waals surface area contributed by atoms with Crippen LogP contribution in [0.1, 0.15) is 36.6 Å². The monoisotopic (exact) mass is 390 g/mol. The fourth-order valence-electron chi connectivity index (χ4n) is 3.82. The van der Waals surface area contributed by atoms with Gasteiger partial charge in [0.2, 0.25) is 11.8 Å². The Morgan fingerprint density at radius 3 is 2.66 bits per heavy atom. The Morgan fingerprint density at radius 2 is 1.93 bits per heavy atom. The molecule has 0 bridgehead atoms. The molecule has 148 valence electrons. The standard InChI is InChI=1S/C22H22N4O3/c1-4-27-14-8-6-13-7-9-17(28-5-2)19(15(13)10-14)20-16(11-23)21(24)29-22-18(20)12(3)25-26-22/h6-10,20H,4-5,24H2,1-3H3,(H,25,26). The van der Waals surface area contributed by atoms with Crippen molar-refractivity contribution in [1.29, 1.82) is 5.26 Å². The predicted molar refractivity (Wildman–Crippen MR) is 109 cm³/mol. The summed E-state index contributed by atoms with van der Waals surface area (Å²) in [6.45, 7) is 6.82. The lowest BCUT2D eigenvalue weighted by Crippen LogP contribution is -2.21. The molecule has 7 nitrogen and oxygen atoms in total. The van der Waals surface area contributed by atoms with E-state index in [2.05, 4.69) is 16.3 Å². The number of nitrogens with zero attached hydrogens (tertiary/aromatic N) is 2. The Kier molecular flexibility index (Phi) is 4.77. The first-order chi connectivity index (χ1) is 14.1. The number of allylic oxidation sites excluding steroid dienone is 1.